The summed E-state index contributed by atoms with van der Waals surface area (Å²) >= 11 is 0. The highest BCUT2D eigenvalue weighted by Crippen LogP contribution is 2.57. The van der Waals surface area contributed by atoms with Crippen LogP contribution in [-0.2, 0) is 10.3 Å². The first kappa shape index (κ1) is 24.7. The molecule has 2 aliphatic heterocycles. The molecule has 36 heavy (non-hydrogen) atoms. The van der Waals surface area contributed by atoms with Crippen molar-refractivity contribution in [3.63, 3.8) is 0 Å². The molecule has 194 valence electrons. The molecule has 12 heteroatoms. The maximum absolute atomic E-state index is 15.2. The van der Waals surface area contributed by atoms with Gasteiger partial charge in [-0.1, -0.05) is 12.1 Å². The van der Waals surface area contributed by atoms with Gasteiger partial charge < -0.3 is 14.4 Å². The molecule has 0 atom stereocenters. The number of urea groups is 1. The summed E-state index contributed by atoms with van der Waals surface area (Å²) in [6.07, 6.45) is -3.17. The minimum absolute atomic E-state index is 0.127. The number of hydrogen-bond acceptors (Lipinski definition) is 5. The average Bonchev–Trinajstić information content (AvgIpc) is 3.03. The number of carbonyl (C=O) groups excluding carboxylic acids is 1. The highest BCUT2D eigenvalue weighted by molar-refractivity contribution is 5.95. The van der Waals surface area contributed by atoms with Crippen LogP contribution in [0.15, 0.2) is 42.6 Å². The van der Waals surface area contributed by atoms with E-state index in [0.29, 0.717) is 12.8 Å². The van der Waals surface area contributed by atoms with Crippen LogP contribution in [0, 0.1) is 5.82 Å². The monoisotopic (exact) mass is 512 g/mol. The molecule has 0 radical (unpaired) electrons. The maximum atomic E-state index is 15.2. The molecule has 7 nitrogen and oxygen atoms in total. The van der Waals surface area contributed by atoms with Crippen LogP contribution < -0.4 is 9.64 Å². The third-order valence-electron chi connectivity index (χ3n) is 7.34. The number of aromatic nitrogens is 1. The van der Waals surface area contributed by atoms with Crippen LogP contribution >= 0.6 is 0 Å². The number of amides is 2. The van der Waals surface area contributed by atoms with Crippen LogP contribution in [0.5, 0.6) is 5.75 Å². The molecule has 3 aliphatic rings. The average molecular weight is 512 g/mol. The number of benzene rings is 1. The molecule has 1 spiro atoms. The third kappa shape index (κ3) is 4.15. The Morgan fingerprint density at radius 3 is 2.42 bits per heavy atom. The lowest BCUT2D eigenvalue weighted by Crippen LogP contribution is -2.70. The van der Waals surface area contributed by atoms with Gasteiger partial charge in [-0.25, -0.2) is 18.6 Å². The van der Waals surface area contributed by atoms with Gasteiger partial charge in [-0.15, -0.1) is 13.2 Å². The van der Waals surface area contributed by atoms with Crippen molar-refractivity contribution < 1.29 is 36.2 Å². The van der Waals surface area contributed by atoms with E-state index < -0.39 is 34.9 Å². The molecule has 1 aliphatic carbocycles. The van der Waals surface area contributed by atoms with Gasteiger partial charge in [0.15, 0.2) is 5.67 Å². The van der Waals surface area contributed by atoms with E-state index in [0.717, 1.165) is 17.8 Å². The van der Waals surface area contributed by atoms with Gasteiger partial charge in [-0.3, -0.25) is 9.80 Å². The number of ether oxygens (including phenoxy) is 2. The first-order chi connectivity index (χ1) is 16.8. The Hall–Kier alpha value is -2.99. The Morgan fingerprint density at radius 2 is 1.89 bits per heavy atom. The fourth-order valence-corrected chi connectivity index (χ4v) is 5.53. The fourth-order valence-electron chi connectivity index (χ4n) is 5.53. The van der Waals surface area contributed by atoms with Gasteiger partial charge in [0, 0.05) is 0 Å². The standard InChI is InChI=1S/C24H25F5N4O3/c1-31(2)23(16-4-3-5-17(25)8-16)10-22(11-23)13-32(20(34)33(22)12-21(26)14-35-15-21)19-7-6-18(9-30-19)36-24(27,28)29/h3-9H,10-15H2,1-2H3. The molecule has 2 saturated heterocycles. The number of rotatable bonds is 6. The summed E-state index contributed by atoms with van der Waals surface area (Å²) in [5.41, 5.74) is -2.32. The van der Waals surface area contributed by atoms with Gasteiger partial charge >= 0.3 is 12.4 Å². The molecule has 0 unspecified atom stereocenters. The van der Waals surface area contributed by atoms with E-state index in [1.165, 1.54) is 28.0 Å². The van der Waals surface area contributed by atoms with Crippen molar-refractivity contribution in [3.05, 3.63) is 54.0 Å². The summed E-state index contributed by atoms with van der Waals surface area (Å²) in [6, 6.07) is 8.11. The molecule has 1 aromatic heterocycles. The van der Waals surface area contributed by atoms with Crippen molar-refractivity contribution in [2.24, 2.45) is 0 Å². The molecule has 2 aromatic rings. The van der Waals surface area contributed by atoms with Crippen LogP contribution in [-0.4, -0.2) is 78.8 Å². The van der Waals surface area contributed by atoms with Crippen LogP contribution in [0.4, 0.5) is 32.6 Å². The van der Waals surface area contributed by atoms with E-state index in [9.17, 15) is 22.4 Å². The van der Waals surface area contributed by atoms with E-state index >= 15 is 4.39 Å². The molecule has 3 fully saturated rings. The van der Waals surface area contributed by atoms with Gasteiger partial charge in [0.05, 0.1) is 43.6 Å². The molecule has 5 rings (SSSR count). The van der Waals surface area contributed by atoms with Crippen molar-refractivity contribution in [2.75, 3.05) is 45.3 Å². The van der Waals surface area contributed by atoms with Crippen molar-refractivity contribution in [1.82, 2.24) is 14.8 Å². The SMILES string of the molecule is CN(C)C1(c2cccc(F)c2)CC2(CN(c3ccc(OC(F)(F)F)cn3)C(=O)N2CC2(F)COC2)C1. The number of pyridine rings is 1. The highest BCUT2D eigenvalue weighted by atomic mass is 19.4. The Balaban J connectivity index is 1.45. The van der Waals surface area contributed by atoms with Gasteiger partial charge in [0.1, 0.15) is 17.4 Å². The quantitative estimate of drug-likeness (QED) is 0.546. The van der Waals surface area contributed by atoms with Crippen LogP contribution in [0.25, 0.3) is 0 Å². The number of halogens is 5. The van der Waals surface area contributed by atoms with Crippen molar-refractivity contribution in [3.8, 4) is 5.75 Å². The topological polar surface area (TPSA) is 58.1 Å². The van der Waals surface area contributed by atoms with Crippen molar-refractivity contribution in [2.45, 2.75) is 36.0 Å². The maximum Gasteiger partial charge on any atom is 0.573 e. The number of hydrogen-bond donors (Lipinski definition) is 0. The lowest BCUT2D eigenvalue weighted by atomic mass is 9.58. The zero-order chi connectivity index (χ0) is 25.9. The highest BCUT2D eigenvalue weighted by Gasteiger charge is 2.66. The summed E-state index contributed by atoms with van der Waals surface area (Å²) < 4.78 is 75.7. The molecular weight excluding hydrogens is 487 g/mol. The molecule has 3 heterocycles. The minimum atomic E-state index is -4.87. The molecule has 0 N–H and O–H groups in total. The number of anilines is 1. The van der Waals surface area contributed by atoms with Gasteiger partial charge in [-0.2, -0.15) is 0 Å². The van der Waals surface area contributed by atoms with Crippen LogP contribution in [0.2, 0.25) is 0 Å². The first-order valence-electron chi connectivity index (χ1n) is 11.4. The fraction of sp³-hybridized carbons (Fsp3) is 0.500. The normalized spacial score (nSPS) is 27.4. The Labute approximate surface area is 204 Å². The lowest BCUT2D eigenvalue weighted by molar-refractivity contribution is -0.274. The van der Waals surface area contributed by atoms with Gasteiger partial charge in [0.25, 0.3) is 0 Å². The second-order valence-corrected chi connectivity index (χ2v) is 10.0. The second kappa shape index (κ2) is 8.27. The Bertz CT molecular complexity index is 1150. The van der Waals surface area contributed by atoms with Gasteiger partial charge in [0.2, 0.25) is 0 Å². The predicted molar refractivity (Wildman–Crippen MR) is 119 cm³/mol. The lowest BCUT2D eigenvalue weighted by Gasteiger charge is -2.61. The molecule has 2 amide bonds. The first-order valence-corrected chi connectivity index (χ1v) is 11.4. The second-order valence-electron chi connectivity index (χ2n) is 10.0. The number of carbonyl (C=O) groups is 1. The van der Waals surface area contributed by atoms with Crippen LogP contribution in [0.1, 0.15) is 18.4 Å². The minimum Gasteiger partial charge on any atom is -0.404 e. The summed E-state index contributed by atoms with van der Waals surface area (Å²) in [6.45, 7) is -0.293. The van der Waals surface area contributed by atoms with Crippen LogP contribution in [0.3, 0.4) is 0 Å². The largest absolute Gasteiger partial charge is 0.573 e. The zero-order valence-corrected chi connectivity index (χ0v) is 19.7. The zero-order valence-electron chi connectivity index (χ0n) is 19.7. The van der Waals surface area contributed by atoms with E-state index in [4.69, 9.17) is 4.74 Å². The molecule has 1 saturated carbocycles. The molecule has 0 bridgehead atoms. The summed E-state index contributed by atoms with van der Waals surface area (Å²) in [7, 11) is 3.74. The summed E-state index contributed by atoms with van der Waals surface area (Å²) in [4.78, 5) is 22.3. The van der Waals surface area contributed by atoms with Crippen molar-refractivity contribution in [1.29, 1.82) is 0 Å². The van der Waals surface area contributed by atoms with Gasteiger partial charge in [-0.05, 0) is 56.8 Å². The van der Waals surface area contributed by atoms with E-state index in [2.05, 4.69) is 9.72 Å². The predicted octanol–water partition coefficient (Wildman–Crippen LogP) is 4.09. The number of nitrogens with zero attached hydrogens (tertiary/aromatic N) is 4. The molecule has 1 aromatic carbocycles. The summed E-state index contributed by atoms with van der Waals surface area (Å²) in [5.74, 6) is -0.766. The summed E-state index contributed by atoms with van der Waals surface area (Å²) in [5, 5.41) is 0. The smallest absolute Gasteiger partial charge is 0.404 e. The van der Waals surface area contributed by atoms with E-state index in [1.807, 2.05) is 25.1 Å². The molecular formula is C24H25F5N4O3. The van der Waals surface area contributed by atoms with E-state index in [-0.39, 0.29) is 37.9 Å². The van der Waals surface area contributed by atoms with E-state index in [1.54, 1.807) is 6.07 Å². The van der Waals surface area contributed by atoms with Crippen molar-refractivity contribution >= 4 is 11.8 Å². The Morgan fingerprint density at radius 1 is 1.17 bits per heavy atom. The third-order valence-corrected chi connectivity index (χ3v) is 7.34. The number of alkyl halides is 4. The Kier molecular flexibility index (Phi) is 5.67.